The van der Waals surface area contributed by atoms with Crippen LogP contribution in [0, 0.1) is 12.8 Å². The third-order valence-corrected chi connectivity index (χ3v) is 4.21. The summed E-state index contributed by atoms with van der Waals surface area (Å²) in [4.78, 5) is 12.0. The Hall–Kier alpha value is -1.51. The molecule has 0 aliphatic heterocycles. The third kappa shape index (κ3) is 3.99. The average molecular weight is 275 g/mol. The molecule has 1 saturated carbocycles. The molecule has 3 heteroatoms. The van der Waals surface area contributed by atoms with Gasteiger partial charge in [-0.2, -0.15) is 0 Å². The summed E-state index contributed by atoms with van der Waals surface area (Å²) < 4.78 is 5.67. The van der Waals surface area contributed by atoms with Crippen molar-refractivity contribution in [2.45, 2.75) is 58.5 Å². The maximum absolute atomic E-state index is 12.0. The molecule has 1 aromatic carbocycles. The number of amides is 1. The molecule has 1 N–H and O–H groups in total. The molecule has 1 fully saturated rings. The molecule has 0 heterocycles. The standard InChI is InChI=1S/C17H25NO2/c1-13-8-7-11-15(12-13)18-16(19)20-17(2,3)14-9-5-4-6-10-14/h7-8,11-12,14H,4-6,9-10H2,1-3H3,(H,18,19). The van der Waals surface area contributed by atoms with Crippen molar-refractivity contribution >= 4 is 11.8 Å². The van der Waals surface area contributed by atoms with Crippen LogP contribution in [0.5, 0.6) is 0 Å². The van der Waals surface area contributed by atoms with E-state index in [1.54, 1.807) is 0 Å². The molecule has 110 valence electrons. The summed E-state index contributed by atoms with van der Waals surface area (Å²) in [6.45, 7) is 6.06. The molecule has 1 aromatic rings. The first-order valence-electron chi connectivity index (χ1n) is 7.54. The molecule has 0 bridgehead atoms. The zero-order valence-electron chi connectivity index (χ0n) is 12.7. The van der Waals surface area contributed by atoms with E-state index in [1.807, 2.05) is 45.0 Å². The molecule has 0 saturated heterocycles. The number of anilines is 1. The van der Waals surface area contributed by atoms with Crippen LogP contribution in [0.1, 0.15) is 51.5 Å². The van der Waals surface area contributed by atoms with Crippen LogP contribution in [0.15, 0.2) is 24.3 Å². The van der Waals surface area contributed by atoms with Crippen molar-refractivity contribution in [3.63, 3.8) is 0 Å². The topological polar surface area (TPSA) is 38.3 Å². The van der Waals surface area contributed by atoms with E-state index in [0.29, 0.717) is 5.92 Å². The lowest BCUT2D eigenvalue weighted by molar-refractivity contribution is -0.0117. The number of nitrogens with one attached hydrogen (secondary N) is 1. The molecule has 1 aliphatic carbocycles. The summed E-state index contributed by atoms with van der Waals surface area (Å²) in [5.41, 5.74) is 1.51. The molecule has 20 heavy (non-hydrogen) atoms. The van der Waals surface area contributed by atoms with Crippen LogP contribution in [-0.2, 0) is 4.74 Å². The first-order valence-corrected chi connectivity index (χ1v) is 7.54. The van der Waals surface area contributed by atoms with Crippen LogP contribution >= 0.6 is 0 Å². The fraction of sp³-hybridized carbons (Fsp3) is 0.588. The first-order chi connectivity index (χ1) is 9.47. The monoisotopic (exact) mass is 275 g/mol. The quantitative estimate of drug-likeness (QED) is 0.851. The Morgan fingerprint density at radius 1 is 1.25 bits per heavy atom. The van der Waals surface area contributed by atoms with E-state index in [9.17, 15) is 4.79 Å². The van der Waals surface area contributed by atoms with E-state index in [1.165, 1.54) is 19.3 Å². The SMILES string of the molecule is Cc1cccc(NC(=O)OC(C)(C)C2CCCCC2)c1. The number of rotatable bonds is 3. The van der Waals surface area contributed by atoms with Gasteiger partial charge in [-0.25, -0.2) is 4.79 Å². The van der Waals surface area contributed by atoms with E-state index in [4.69, 9.17) is 4.74 Å². The van der Waals surface area contributed by atoms with Crippen molar-refractivity contribution in [2.24, 2.45) is 5.92 Å². The van der Waals surface area contributed by atoms with Crippen LogP contribution in [0.25, 0.3) is 0 Å². The van der Waals surface area contributed by atoms with Gasteiger partial charge in [-0.3, -0.25) is 5.32 Å². The second-order valence-corrected chi connectivity index (χ2v) is 6.32. The van der Waals surface area contributed by atoms with Gasteiger partial charge in [-0.1, -0.05) is 31.4 Å². The second kappa shape index (κ2) is 6.29. The van der Waals surface area contributed by atoms with Gasteiger partial charge in [0.2, 0.25) is 0 Å². The van der Waals surface area contributed by atoms with Gasteiger partial charge in [-0.05, 0) is 57.2 Å². The highest BCUT2D eigenvalue weighted by Crippen LogP contribution is 2.34. The van der Waals surface area contributed by atoms with Gasteiger partial charge in [0.1, 0.15) is 5.60 Å². The van der Waals surface area contributed by atoms with E-state index in [0.717, 1.165) is 24.1 Å². The van der Waals surface area contributed by atoms with Crippen molar-refractivity contribution in [2.75, 3.05) is 5.32 Å². The number of carbonyl (C=O) groups excluding carboxylic acids is 1. The summed E-state index contributed by atoms with van der Waals surface area (Å²) in [6, 6.07) is 7.75. The number of ether oxygens (including phenoxy) is 1. The molecule has 0 radical (unpaired) electrons. The maximum atomic E-state index is 12.0. The number of benzene rings is 1. The van der Waals surface area contributed by atoms with Crippen molar-refractivity contribution in [3.05, 3.63) is 29.8 Å². The van der Waals surface area contributed by atoms with Crippen molar-refractivity contribution in [3.8, 4) is 0 Å². The number of carbonyl (C=O) groups is 1. The fourth-order valence-electron chi connectivity index (χ4n) is 2.99. The lowest BCUT2D eigenvalue weighted by atomic mass is 9.79. The highest BCUT2D eigenvalue weighted by molar-refractivity contribution is 5.84. The van der Waals surface area contributed by atoms with Crippen LogP contribution in [0.4, 0.5) is 10.5 Å². The van der Waals surface area contributed by atoms with Crippen LogP contribution in [0.2, 0.25) is 0 Å². The molecule has 3 nitrogen and oxygen atoms in total. The summed E-state index contributed by atoms with van der Waals surface area (Å²) in [5, 5.41) is 2.82. The minimum atomic E-state index is -0.395. The van der Waals surface area contributed by atoms with Gasteiger partial charge >= 0.3 is 6.09 Å². The highest BCUT2D eigenvalue weighted by Gasteiger charge is 2.34. The Labute approximate surface area is 121 Å². The van der Waals surface area contributed by atoms with Gasteiger partial charge in [0, 0.05) is 5.69 Å². The smallest absolute Gasteiger partial charge is 0.412 e. The van der Waals surface area contributed by atoms with Gasteiger partial charge in [0.05, 0.1) is 0 Å². The predicted octanol–water partition coefficient (Wildman–Crippen LogP) is 4.90. The zero-order valence-corrected chi connectivity index (χ0v) is 12.7. The molecular weight excluding hydrogens is 250 g/mol. The molecular formula is C17H25NO2. The lowest BCUT2D eigenvalue weighted by Gasteiger charge is -2.36. The predicted molar refractivity (Wildman–Crippen MR) is 81.9 cm³/mol. The van der Waals surface area contributed by atoms with E-state index < -0.39 is 5.60 Å². The molecule has 1 amide bonds. The molecule has 1 aliphatic rings. The summed E-state index contributed by atoms with van der Waals surface area (Å²) >= 11 is 0. The van der Waals surface area contributed by atoms with Crippen LogP contribution in [-0.4, -0.2) is 11.7 Å². The Morgan fingerprint density at radius 3 is 2.60 bits per heavy atom. The second-order valence-electron chi connectivity index (χ2n) is 6.32. The summed E-state index contributed by atoms with van der Waals surface area (Å²) in [6.07, 6.45) is 5.76. The molecule has 2 rings (SSSR count). The van der Waals surface area contributed by atoms with Crippen LogP contribution < -0.4 is 5.32 Å². The van der Waals surface area contributed by atoms with Gasteiger partial charge in [0.15, 0.2) is 0 Å². The minimum absolute atomic E-state index is 0.355. The summed E-state index contributed by atoms with van der Waals surface area (Å²) in [7, 11) is 0. The van der Waals surface area contributed by atoms with Crippen molar-refractivity contribution in [1.82, 2.24) is 0 Å². The first kappa shape index (κ1) is 14.9. The van der Waals surface area contributed by atoms with Crippen molar-refractivity contribution < 1.29 is 9.53 Å². The van der Waals surface area contributed by atoms with Gasteiger partial charge < -0.3 is 4.74 Å². The van der Waals surface area contributed by atoms with Crippen LogP contribution in [0.3, 0.4) is 0 Å². The number of aryl methyl sites for hydroxylation is 1. The van der Waals surface area contributed by atoms with Crippen molar-refractivity contribution in [1.29, 1.82) is 0 Å². The Bertz CT molecular complexity index is 462. The lowest BCUT2D eigenvalue weighted by Crippen LogP contribution is -2.39. The average Bonchev–Trinajstić information content (AvgIpc) is 2.39. The molecule has 0 aromatic heterocycles. The maximum Gasteiger partial charge on any atom is 0.412 e. The summed E-state index contributed by atoms with van der Waals surface area (Å²) in [5.74, 6) is 0.472. The molecule has 0 atom stereocenters. The zero-order chi connectivity index (χ0) is 14.6. The fourth-order valence-corrected chi connectivity index (χ4v) is 2.99. The third-order valence-electron chi connectivity index (χ3n) is 4.21. The Kier molecular flexibility index (Phi) is 4.69. The van der Waals surface area contributed by atoms with E-state index in [2.05, 4.69) is 5.32 Å². The minimum Gasteiger partial charge on any atom is -0.443 e. The normalized spacial score (nSPS) is 16.8. The van der Waals surface area contributed by atoms with E-state index in [-0.39, 0.29) is 6.09 Å². The highest BCUT2D eigenvalue weighted by atomic mass is 16.6. The number of hydrogen-bond donors (Lipinski definition) is 1. The van der Waals surface area contributed by atoms with E-state index >= 15 is 0 Å². The van der Waals surface area contributed by atoms with Gasteiger partial charge in [-0.15, -0.1) is 0 Å². The Morgan fingerprint density at radius 2 is 1.95 bits per heavy atom. The molecule has 0 spiro atoms. The van der Waals surface area contributed by atoms with Gasteiger partial charge in [0.25, 0.3) is 0 Å². The Balaban J connectivity index is 1.92. The largest absolute Gasteiger partial charge is 0.443 e. The molecule has 0 unspecified atom stereocenters. The number of hydrogen-bond acceptors (Lipinski definition) is 2.